The van der Waals surface area contributed by atoms with E-state index in [4.69, 9.17) is 9.47 Å². The molecule has 3 aliphatic rings. The molecule has 3 fully saturated rings. The van der Waals surface area contributed by atoms with Crippen molar-refractivity contribution >= 4 is 12.1 Å². The highest BCUT2D eigenvalue weighted by atomic mass is 16.6. The molecule has 6 heteroatoms. The number of hydrogen-bond donors (Lipinski definition) is 2. The third kappa shape index (κ3) is 4.72. The van der Waals surface area contributed by atoms with E-state index in [9.17, 15) is 9.59 Å². The van der Waals surface area contributed by atoms with Crippen LogP contribution in [0.2, 0.25) is 0 Å². The maximum atomic E-state index is 12.2. The fourth-order valence-electron chi connectivity index (χ4n) is 3.64. The molecule has 3 heterocycles. The van der Waals surface area contributed by atoms with Gasteiger partial charge in [0.2, 0.25) is 0 Å². The van der Waals surface area contributed by atoms with Crippen LogP contribution < -0.4 is 10.2 Å². The number of piperidine rings is 3. The largest absolute Gasteiger partial charge is 0.464 e. The molecule has 0 aliphatic carbocycles. The molecule has 1 aromatic rings. The number of alkyl carbamates (subject to hydrolysis) is 1. The van der Waals surface area contributed by atoms with Gasteiger partial charge < -0.3 is 19.7 Å². The molecule has 6 nitrogen and oxygen atoms in total. The molecule has 0 spiro atoms. The third-order valence-electron chi connectivity index (χ3n) is 5.45. The van der Waals surface area contributed by atoms with Crippen molar-refractivity contribution in [1.82, 2.24) is 5.32 Å². The lowest BCUT2D eigenvalue weighted by Gasteiger charge is -2.45. The second-order valence-corrected chi connectivity index (χ2v) is 7.29. The van der Waals surface area contributed by atoms with Crippen molar-refractivity contribution in [2.75, 3.05) is 26.2 Å². The van der Waals surface area contributed by atoms with E-state index >= 15 is 0 Å². The highest BCUT2D eigenvalue weighted by Crippen LogP contribution is 2.34. The number of nitrogens with one attached hydrogen (secondary N) is 2. The van der Waals surface area contributed by atoms with Crippen molar-refractivity contribution in [2.24, 2.45) is 5.41 Å². The Morgan fingerprint density at radius 1 is 1.12 bits per heavy atom. The average molecular weight is 347 g/mol. The Morgan fingerprint density at radius 3 is 2.40 bits per heavy atom. The minimum absolute atomic E-state index is 0.158. The molecule has 0 aromatic heterocycles. The Kier molecular flexibility index (Phi) is 5.58. The summed E-state index contributed by atoms with van der Waals surface area (Å²) in [5.74, 6) is -0.397. The summed E-state index contributed by atoms with van der Waals surface area (Å²) in [5, 5.41) is 2.54. The number of ether oxygens (including phenoxy) is 2. The van der Waals surface area contributed by atoms with Gasteiger partial charge >= 0.3 is 12.1 Å². The molecule has 2 N–H and O–H groups in total. The molecule has 0 radical (unpaired) electrons. The van der Waals surface area contributed by atoms with Gasteiger partial charge in [-0.1, -0.05) is 30.3 Å². The molecular weight excluding hydrogens is 320 g/mol. The second kappa shape index (κ2) is 7.87. The van der Waals surface area contributed by atoms with Crippen LogP contribution >= 0.6 is 0 Å². The van der Waals surface area contributed by atoms with Gasteiger partial charge in [0.15, 0.2) is 0 Å². The number of esters is 1. The van der Waals surface area contributed by atoms with Gasteiger partial charge in [0, 0.05) is 24.7 Å². The lowest BCUT2D eigenvalue weighted by molar-refractivity contribution is -0.919. The molecule has 3 saturated heterocycles. The topological polar surface area (TPSA) is 69.1 Å². The quantitative estimate of drug-likeness (QED) is 0.751. The fourth-order valence-corrected chi connectivity index (χ4v) is 3.64. The highest BCUT2D eigenvalue weighted by molar-refractivity contribution is 5.80. The van der Waals surface area contributed by atoms with Crippen LogP contribution in [0.1, 0.15) is 31.7 Å². The van der Waals surface area contributed by atoms with Gasteiger partial charge in [-0.05, 0) is 12.5 Å². The number of fused-ring (bicyclic) bond motifs is 3. The van der Waals surface area contributed by atoms with Crippen molar-refractivity contribution < 1.29 is 24.0 Å². The number of amides is 1. The van der Waals surface area contributed by atoms with Crippen LogP contribution in [0.25, 0.3) is 0 Å². The highest BCUT2D eigenvalue weighted by Gasteiger charge is 2.43. The van der Waals surface area contributed by atoms with Crippen molar-refractivity contribution in [3.05, 3.63) is 35.9 Å². The summed E-state index contributed by atoms with van der Waals surface area (Å²) in [6, 6.07) is 8.70. The summed E-state index contributed by atoms with van der Waals surface area (Å²) < 4.78 is 10.6. The summed E-state index contributed by atoms with van der Waals surface area (Å²) >= 11 is 0. The van der Waals surface area contributed by atoms with E-state index < -0.39 is 18.1 Å². The summed E-state index contributed by atoms with van der Waals surface area (Å²) in [5.41, 5.74) is 1.06. The Hall–Kier alpha value is -2.08. The van der Waals surface area contributed by atoms with Crippen LogP contribution in [0, 0.1) is 5.41 Å². The van der Waals surface area contributed by atoms with Crippen LogP contribution in [0.15, 0.2) is 30.3 Å². The van der Waals surface area contributed by atoms with Gasteiger partial charge in [0.1, 0.15) is 12.6 Å². The third-order valence-corrected chi connectivity index (χ3v) is 5.45. The van der Waals surface area contributed by atoms with E-state index in [1.807, 2.05) is 30.3 Å². The molecule has 25 heavy (non-hydrogen) atoms. The summed E-state index contributed by atoms with van der Waals surface area (Å²) in [6.07, 6.45) is 2.75. The molecule has 3 aliphatic heterocycles. The van der Waals surface area contributed by atoms with Crippen molar-refractivity contribution in [1.29, 1.82) is 0 Å². The first-order chi connectivity index (χ1) is 12.1. The summed E-state index contributed by atoms with van der Waals surface area (Å²) in [7, 11) is 0. The first-order valence-electron chi connectivity index (χ1n) is 9.04. The van der Waals surface area contributed by atoms with E-state index in [0.29, 0.717) is 6.61 Å². The molecular formula is C19H27N2O4+. The van der Waals surface area contributed by atoms with Gasteiger partial charge in [-0.25, -0.2) is 9.59 Å². The Balaban J connectivity index is 1.39. The van der Waals surface area contributed by atoms with Gasteiger partial charge in [0.25, 0.3) is 0 Å². The zero-order valence-corrected chi connectivity index (χ0v) is 14.8. The van der Waals surface area contributed by atoms with Crippen LogP contribution in [-0.2, 0) is 20.9 Å². The van der Waals surface area contributed by atoms with Crippen LogP contribution in [-0.4, -0.2) is 44.3 Å². The predicted molar refractivity (Wildman–Crippen MR) is 92.0 cm³/mol. The Labute approximate surface area is 148 Å². The Bertz CT molecular complexity index is 583. The van der Waals surface area contributed by atoms with Gasteiger partial charge in [-0.15, -0.1) is 0 Å². The first kappa shape index (κ1) is 17.7. The standard InChI is InChI=1S/C19H26N2O4/c1-15(20-18(23)24-13-16-5-3-2-4-6-16)17(22)25-14-19-7-10-21(11-8-19)12-9-19/h2-6,15H,7-14H2,1H3,(H,20,23)/p+1/t15-/m0/s1. The van der Waals surface area contributed by atoms with E-state index in [2.05, 4.69) is 5.32 Å². The molecule has 4 rings (SSSR count). The van der Waals surface area contributed by atoms with Gasteiger partial charge in [0.05, 0.1) is 26.2 Å². The molecule has 136 valence electrons. The van der Waals surface area contributed by atoms with Crippen molar-refractivity contribution in [2.45, 2.75) is 38.8 Å². The monoisotopic (exact) mass is 347 g/mol. The zero-order chi connectivity index (χ0) is 17.7. The van der Waals surface area contributed by atoms with Crippen molar-refractivity contribution in [3.8, 4) is 0 Å². The maximum absolute atomic E-state index is 12.2. The van der Waals surface area contributed by atoms with Crippen LogP contribution in [0.3, 0.4) is 0 Å². The molecule has 0 saturated carbocycles. The first-order valence-corrected chi connectivity index (χ1v) is 9.04. The minimum atomic E-state index is -0.714. The Morgan fingerprint density at radius 2 is 1.76 bits per heavy atom. The fraction of sp³-hybridized carbons (Fsp3) is 0.579. The molecule has 1 aromatic carbocycles. The van der Waals surface area contributed by atoms with Gasteiger partial charge in [-0.2, -0.15) is 0 Å². The average Bonchev–Trinajstić information content (AvgIpc) is 2.67. The predicted octanol–water partition coefficient (Wildman–Crippen LogP) is 0.913. The molecule has 1 amide bonds. The van der Waals surface area contributed by atoms with Crippen LogP contribution in [0.5, 0.6) is 0 Å². The number of carbonyl (C=O) groups is 2. The summed E-state index contributed by atoms with van der Waals surface area (Å²) in [6.45, 7) is 5.80. The minimum Gasteiger partial charge on any atom is -0.464 e. The van der Waals surface area contributed by atoms with Crippen molar-refractivity contribution in [3.63, 3.8) is 0 Å². The van der Waals surface area contributed by atoms with E-state index in [1.165, 1.54) is 19.6 Å². The van der Waals surface area contributed by atoms with E-state index in [0.717, 1.165) is 24.8 Å². The SMILES string of the molecule is C[C@H](NC(=O)OCc1ccccc1)C(=O)OCC12CC[NH+](CC1)CC2. The molecule has 0 unspecified atom stereocenters. The lowest BCUT2D eigenvalue weighted by Crippen LogP contribution is -3.15. The van der Waals surface area contributed by atoms with Crippen LogP contribution in [0.4, 0.5) is 4.79 Å². The molecule has 1 atom stereocenters. The number of carbonyl (C=O) groups excluding carboxylic acids is 2. The second-order valence-electron chi connectivity index (χ2n) is 7.29. The van der Waals surface area contributed by atoms with Gasteiger partial charge in [-0.3, -0.25) is 0 Å². The maximum Gasteiger partial charge on any atom is 0.408 e. The lowest BCUT2D eigenvalue weighted by atomic mass is 9.73. The number of rotatable bonds is 6. The smallest absolute Gasteiger partial charge is 0.408 e. The number of quaternary nitrogens is 1. The summed E-state index contributed by atoms with van der Waals surface area (Å²) in [4.78, 5) is 25.7. The normalized spacial score (nSPS) is 25.9. The number of benzene rings is 1. The molecule has 2 bridgehead atoms. The van der Waals surface area contributed by atoms with E-state index in [1.54, 1.807) is 11.8 Å². The number of hydrogen-bond acceptors (Lipinski definition) is 4. The van der Waals surface area contributed by atoms with E-state index in [-0.39, 0.29) is 12.0 Å². The zero-order valence-electron chi connectivity index (χ0n) is 14.8.